The zero-order chi connectivity index (χ0) is 9.68. The summed E-state index contributed by atoms with van der Waals surface area (Å²) in [5.74, 6) is 0. The minimum Gasteiger partial charge on any atom is -0.465 e. The fraction of sp³-hybridized carbons (Fsp3) is 0.333. The first-order chi connectivity index (χ1) is 6.22. The summed E-state index contributed by atoms with van der Waals surface area (Å²) in [6, 6.07) is 2.06. The van der Waals surface area contributed by atoms with Crippen LogP contribution in [0.2, 0.25) is 0 Å². The summed E-state index contributed by atoms with van der Waals surface area (Å²) in [6.07, 6.45) is 3.40. The van der Waals surface area contributed by atoms with E-state index in [0.717, 1.165) is 5.56 Å². The topological polar surface area (TPSA) is 60.5 Å². The number of hydrogen-bond acceptors (Lipinski definition) is 3. The van der Waals surface area contributed by atoms with E-state index < -0.39 is 0 Å². The Balaban J connectivity index is 2.78. The molecule has 1 aromatic heterocycles. The van der Waals surface area contributed by atoms with Crippen LogP contribution in [-0.4, -0.2) is 17.6 Å². The van der Waals surface area contributed by atoms with Gasteiger partial charge in [-0.15, -0.1) is 0 Å². The minimum absolute atomic E-state index is 0.176. The predicted octanol–water partition coefficient (Wildman–Crippen LogP) is 1.37. The lowest BCUT2D eigenvalue weighted by atomic mass is 10.3. The highest BCUT2D eigenvalue weighted by Crippen LogP contribution is 2.10. The maximum absolute atomic E-state index is 5.47. The molecule has 70 valence electrons. The number of nitrogens with zero attached hydrogens (tertiary/aromatic N) is 2. The van der Waals surface area contributed by atoms with E-state index in [-0.39, 0.29) is 6.02 Å². The zero-order valence-electron chi connectivity index (χ0n) is 7.82. The molecule has 1 heterocycles. The van der Waals surface area contributed by atoms with E-state index in [9.17, 15) is 0 Å². The molecule has 0 radical (unpaired) electrons. The molecule has 0 amide bonds. The van der Waals surface area contributed by atoms with E-state index >= 15 is 0 Å². The van der Waals surface area contributed by atoms with Gasteiger partial charge in [0.2, 0.25) is 0 Å². The van der Waals surface area contributed by atoms with Gasteiger partial charge in [0.15, 0.2) is 0 Å². The Kier molecular flexibility index (Phi) is 3.25. The lowest BCUT2D eigenvalue weighted by Crippen LogP contribution is -2.15. The molecule has 0 saturated heterocycles. The molecule has 1 rings (SSSR count). The lowest BCUT2D eigenvalue weighted by Gasteiger charge is -2.00. The van der Waals surface area contributed by atoms with Gasteiger partial charge in [-0.25, -0.2) is 0 Å². The van der Waals surface area contributed by atoms with Gasteiger partial charge in [0, 0.05) is 6.20 Å². The Labute approximate surface area is 77.5 Å². The van der Waals surface area contributed by atoms with Gasteiger partial charge < -0.3 is 10.5 Å². The Hall–Kier alpha value is -1.58. The number of ether oxygens (including phenoxy) is 1. The average molecular weight is 179 g/mol. The smallest absolute Gasteiger partial charge is 0.287 e. The molecule has 0 spiro atoms. The molecule has 0 aliphatic carbocycles. The Bertz CT molecular complexity index is 309. The number of aliphatic imine (C=N–C) groups is 1. The van der Waals surface area contributed by atoms with Gasteiger partial charge in [-0.3, -0.25) is 4.98 Å². The molecule has 0 aliphatic rings. The van der Waals surface area contributed by atoms with Crippen molar-refractivity contribution in [3.8, 4) is 0 Å². The van der Waals surface area contributed by atoms with E-state index in [1.807, 2.05) is 19.9 Å². The maximum atomic E-state index is 5.47. The van der Waals surface area contributed by atoms with Crippen LogP contribution in [0, 0.1) is 6.92 Å². The summed E-state index contributed by atoms with van der Waals surface area (Å²) in [6.45, 7) is 4.33. The van der Waals surface area contributed by atoms with Crippen molar-refractivity contribution in [3.05, 3.63) is 24.0 Å². The summed E-state index contributed by atoms with van der Waals surface area (Å²) in [5.41, 5.74) is 7.23. The van der Waals surface area contributed by atoms with Crippen molar-refractivity contribution in [1.82, 2.24) is 4.98 Å². The van der Waals surface area contributed by atoms with Gasteiger partial charge in [0.25, 0.3) is 6.02 Å². The van der Waals surface area contributed by atoms with E-state index in [1.165, 1.54) is 0 Å². The summed E-state index contributed by atoms with van der Waals surface area (Å²) < 4.78 is 4.99. The van der Waals surface area contributed by atoms with Crippen molar-refractivity contribution in [3.63, 3.8) is 0 Å². The highest BCUT2D eigenvalue weighted by molar-refractivity contribution is 5.74. The van der Waals surface area contributed by atoms with E-state index in [2.05, 4.69) is 9.98 Å². The first kappa shape index (κ1) is 9.51. The Morgan fingerprint density at radius 1 is 1.62 bits per heavy atom. The van der Waals surface area contributed by atoms with Crippen molar-refractivity contribution < 1.29 is 4.74 Å². The van der Waals surface area contributed by atoms with Gasteiger partial charge in [-0.2, -0.15) is 4.99 Å². The second-order valence-corrected chi connectivity index (χ2v) is 2.60. The van der Waals surface area contributed by atoms with Gasteiger partial charge in [-0.1, -0.05) is 0 Å². The molecule has 0 unspecified atom stereocenters. The standard InChI is InChI=1S/C9H13N3O/c1-3-13-9(10)12-8-4-7(2)5-11-6-8/h4-6H,3H2,1-2H3,(H2,10,12). The maximum Gasteiger partial charge on any atom is 0.287 e. The van der Waals surface area contributed by atoms with Crippen LogP contribution in [0.15, 0.2) is 23.5 Å². The Morgan fingerprint density at radius 2 is 2.38 bits per heavy atom. The summed E-state index contributed by atoms with van der Waals surface area (Å²) in [7, 11) is 0. The van der Waals surface area contributed by atoms with E-state index in [4.69, 9.17) is 10.5 Å². The van der Waals surface area contributed by atoms with Crippen LogP contribution < -0.4 is 5.73 Å². The normalized spacial score (nSPS) is 11.4. The molecule has 1 aromatic rings. The van der Waals surface area contributed by atoms with Crippen molar-refractivity contribution >= 4 is 11.7 Å². The lowest BCUT2D eigenvalue weighted by molar-refractivity contribution is 0.322. The molecule has 0 aromatic carbocycles. The van der Waals surface area contributed by atoms with Crippen molar-refractivity contribution in [2.24, 2.45) is 10.7 Å². The molecular formula is C9H13N3O. The van der Waals surface area contributed by atoms with Gasteiger partial charge in [0.1, 0.15) is 0 Å². The van der Waals surface area contributed by atoms with Crippen molar-refractivity contribution in [2.75, 3.05) is 6.61 Å². The zero-order valence-corrected chi connectivity index (χ0v) is 7.82. The van der Waals surface area contributed by atoms with E-state index in [0.29, 0.717) is 12.3 Å². The van der Waals surface area contributed by atoms with Crippen LogP contribution in [0.25, 0.3) is 0 Å². The third kappa shape index (κ3) is 3.11. The molecule has 0 aliphatic heterocycles. The van der Waals surface area contributed by atoms with Crippen LogP contribution in [0.5, 0.6) is 0 Å². The quantitative estimate of drug-likeness (QED) is 0.551. The number of nitrogens with two attached hydrogens (primary N) is 1. The largest absolute Gasteiger partial charge is 0.465 e. The van der Waals surface area contributed by atoms with E-state index in [1.54, 1.807) is 12.4 Å². The van der Waals surface area contributed by atoms with Gasteiger partial charge in [-0.05, 0) is 25.5 Å². The van der Waals surface area contributed by atoms with Crippen molar-refractivity contribution in [2.45, 2.75) is 13.8 Å². The fourth-order valence-corrected chi connectivity index (χ4v) is 0.908. The molecule has 4 nitrogen and oxygen atoms in total. The summed E-state index contributed by atoms with van der Waals surface area (Å²) in [5, 5.41) is 0. The number of aryl methyl sites for hydroxylation is 1. The fourth-order valence-electron chi connectivity index (χ4n) is 0.908. The molecule has 0 atom stereocenters. The first-order valence-electron chi connectivity index (χ1n) is 4.11. The van der Waals surface area contributed by atoms with Gasteiger partial charge in [0.05, 0.1) is 18.5 Å². The monoisotopic (exact) mass is 179 g/mol. The molecule has 4 heteroatoms. The summed E-state index contributed by atoms with van der Waals surface area (Å²) >= 11 is 0. The predicted molar refractivity (Wildman–Crippen MR) is 51.9 cm³/mol. The number of rotatable bonds is 2. The van der Waals surface area contributed by atoms with Crippen LogP contribution in [0.1, 0.15) is 12.5 Å². The minimum atomic E-state index is 0.176. The van der Waals surface area contributed by atoms with Crippen LogP contribution in [-0.2, 0) is 4.74 Å². The Morgan fingerprint density at radius 3 is 3.00 bits per heavy atom. The summed E-state index contributed by atoms with van der Waals surface area (Å²) in [4.78, 5) is 8.00. The number of hydrogen-bond donors (Lipinski definition) is 1. The van der Waals surface area contributed by atoms with Crippen molar-refractivity contribution in [1.29, 1.82) is 0 Å². The van der Waals surface area contributed by atoms with Crippen LogP contribution in [0.4, 0.5) is 5.69 Å². The highest BCUT2D eigenvalue weighted by Gasteiger charge is 1.93. The second kappa shape index (κ2) is 4.45. The van der Waals surface area contributed by atoms with Crippen LogP contribution >= 0.6 is 0 Å². The molecule has 2 N–H and O–H groups in total. The molecule has 0 bridgehead atoms. The second-order valence-electron chi connectivity index (χ2n) is 2.60. The molecule has 0 fully saturated rings. The first-order valence-corrected chi connectivity index (χ1v) is 4.11. The third-order valence-corrected chi connectivity index (χ3v) is 1.39. The highest BCUT2D eigenvalue weighted by atomic mass is 16.5. The third-order valence-electron chi connectivity index (χ3n) is 1.39. The van der Waals surface area contributed by atoms with Gasteiger partial charge >= 0.3 is 0 Å². The van der Waals surface area contributed by atoms with Crippen LogP contribution in [0.3, 0.4) is 0 Å². The number of aromatic nitrogens is 1. The SMILES string of the molecule is CCOC(N)=Nc1cncc(C)c1. The molecular weight excluding hydrogens is 166 g/mol. The molecule has 13 heavy (non-hydrogen) atoms. The number of pyridine rings is 1. The number of amidine groups is 1. The molecule has 0 saturated carbocycles. The average Bonchev–Trinajstić information content (AvgIpc) is 2.04.